The number of phenolic OH excluding ortho intramolecular Hbond substituents is 1. The van der Waals surface area contributed by atoms with Crippen LogP contribution in [-0.2, 0) is 19.1 Å². The number of carbonyl (C=O) groups is 2. The fraction of sp³-hybridized carbons (Fsp3) is 0.368. The van der Waals surface area contributed by atoms with E-state index < -0.39 is 18.0 Å². The van der Waals surface area contributed by atoms with E-state index in [1.54, 1.807) is 32.0 Å². The molecule has 2 N–H and O–H groups in total. The lowest BCUT2D eigenvalue weighted by molar-refractivity contribution is -0.136. The standard InChI is InChI=1S/C19H23NO6/c1-6-26-13-9-7-8-12(17(13)21)16-15(19(23)25-5)10(2)14(11(3)20-16)18(22)24-4/h7-9,16,20-21H,6H2,1-5H3. The van der Waals surface area contributed by atoms with Gasteiger partial charge >= 0.3 is 11.9 Å². The first-order chi connectivity index (χ1) is 12.4. The van der Waals surface area contributed by atoms with Crippen molar-refractivity contribution in [2.45, 2.75) is 26.8 Å². The molecule has 0 bridgehead atoms. The van der Waals surface area contributed by atoms with Gasteiger partial charge < -0.3 is 24.6 Å². The van der Waals surface area contributed by atoms with E-state index in [1.165, 1.54) is 14.2 Å². The van der Waals surface area contributed by atoms with Gasteiger partial charge in [-0.25, -0.2) is 9.59 Å². The first-order valence-electron chi connectivity index (χ1n) is 8.17. The molecule has 0 saturated carbocycles. The average molecular weight is 361 g/mol. The van der Waals surface area contributed by atoms with E-state index in [1.807, 2.05) is 6.92 Å². The zero-order chi connectivity index (χ0) is 19.4. The molecule has 0 radical (unpaired) electrons. The Bertz CT molecular complexity index is 793. The lowest BCUT2D eigenvalue weighted by Gasteiger charge is -2.30. The number of para-hydroxylation sites is 1. The van der Waals surface area contributed by atoms with Gasteiger partial charge in [0.1, 0.15) is 0 Å². The third-order valence-electron chi connectivity index (χ3n) is 4.24. The lowest BCUT2D eigenvalue weighted by atomic mass is 9.86. The van der Waals surface area contributed by atoms with E-state index >= 15 is 0 Å². The van der Waals surface area contributed by atoms with Gasteiger partial charge in [-0.15, -0.1) is 0 Å². The van der Waals surface area contributed by atoms with E-state index in [-0.39, 0.29) is 16.9 Å². The zero-order valence-electron chi connectivity index (χ0n) is 15.5. The number of esters is 2. The van der Waals surface area contributed by atoms with Crippen LogP contribution in [0.2, 0.25) is 0 Å². The second-order valence-electron chi connectivity index (χ2n) is 5.73. The maximum Gasteiger partial charge on any atom is 0.339 e. The minimum atomic E-state index is -0.698. The molecule has 1 aromatic carbocycles. The van der Waals surface area contributed by atoms with Crippen LogP contribution in [0.5, 0.6) is 11.5 Å². The molecule has 26 heavy (non-hydrogen) atoms. The molecule has 2 rings (SSSR count). The van der Waals surface area contributed by atoms with Crippen LogP contribution in [0.1, 0.15) is 32.4 Å². The average Bonchev–Trinajstić information content (AvgIpc) is 2.62. The number of phenols is 1. The van der Waals surface area contributed by atoms with Gasteiger partial charge in [0.15, 0.2) is 11.5 Å². The van der Waals surface area contributed by atoms with E-state index in [4.69, 9.17) is 14.2 Å². The summed E-state index contributed by atoms with van der Waals surface area (Å²) >= 11 is 0. The van der Waals surface area contributed by atoms with Gasteiger partial charge in [-0.3, -0.25) is 0 Å². The molecule has 0 aliphatic carbocycles. The summed E-state index contributed by atoms with van der Waals surface area (Å²) < 4.78 is 15.1. The summed E-state index contributed by atoms with van der Waals surface area (Å²) in [6.45, 7) is 5.56. The zero-order valence-corrected chi connectivity index (χ0v) is 15.5. The highest BCUT2D eigenvalue weighted by Crippen LogP contribution is 2.41. The molecule has 1 aliphatic rings. The molecule has 7 nitrogen and oxygen atoms in total. The van der Waals surface area contributed by atoms with Crippen LogP contribution in [0.25, 0.3) is 0 Å². The predicted octanol–water partition coefficient (Wildman–Crippen LogP) is 2.37. The van der Waals surface area contributed by atoms with Crippen molar-refractivity contribution in [1.29, 1.82) is 0 Å². The molecule has 1 heterocycles. The SMILES string of the molecule is CCOc1cccc(C2NC(C)=C(C(=O)OC)C(C)=C2C(=O)OC)c1O. The van der Waals surface area contributed by atoms with Crippen molar-refractivity contribution in [3.63, 3.8) is 0 Å². The maximum absolute atomic E-state index is 12.4. The summed E-state index contributed by atoms with van der Waals surface area (Å²) in [6, 6.07) is 4.35. The Kier molecular flexibility index (Phi) is 5.92. The van der Waals surface area contributed by atoms with Crippen LogP contribution in [-0.4, -0.2) is 37.9 Å². The number of hydrogen-bond acceptors (Lipinski definition) is 7. The van der Waals surface area contributed by atoms with Crippen LogP contribution < -0.4 is 10.1 Å². The highest BCUT2D eigenvalue weighted by molar-refractivity contribution is 6.00. The molecule has 1 aliphatic heterocycles. The molecule has 0 spiro atoms. The van der Waals surface area contributed by atoms with Crippen molar-refractivity contribution in [2.24, 2.45) is 0 Å². The molecule has 0 fully saturated rings. The van der Waals surface area contributed by atoms with Gasteiger partial charge in [0.2, 0.25) is 0 Å². The van der Waals surface area contributed by atoms with Gasteiger partial charge in [-0.05, 0) is 32.4 Å². The largest absolute Gasteiger partial charge is 0.504 e. The summed E-state index contributed by atoms with van der Waals surface area (Å²) in [5, 5.41) is 13.7. The van der Waals surface area contributed by atoms with Crippen LogP contribution in [0.3, 0.4) is 0 Å². The smallest absolute Gasteiger partial charge is 0.339 e. The van der Waals surface area contributed by atoms with Crippen molar-refractivity contribution in [2.75, 3.05) is 20.8 Å². The van der Waals surface area contributed by atoms with Gasteiger partial charge in [-0.2, -0.15) is 0 Å². The number of nitrogens with one attached hydrogen (secondary N) is 1. The summed E-state index contributed by atoms with van der Waals surface area (Å²) in [6.07, 6.45) is 0. The Balaban J connectivity index is 2.64. The number of dihydropyridines is 1. The third kappa shape index (κ3) is 3.37. The van der Waals surface area contributed by atoms with Crippen molar-refractivity contribution >= 4 is 11.9 Å². The summed E-state index contributed by atoms with van der Waals surface area (Å²) in [4.78, 5) is 24.6. The van der Waals surface area contributed by atoms with Crippen LogP contribution in [0.15, 0.2) is 40.6 Å². The van der Waals surface area contributed by atoms with E-state index in [2.05, 4.69) is 5.32 Å². The third-order valence-corrected chi connectivity index (χ3v) is 4.24. The highest BCUT2D eigenvalue weighted by Gasteiger charge is 2.35. The van der Waals surface area contributed by atoms with Gasteiger partial charge in [-0.1, -0.05) is 12.1 Å². The number of allylic oxidation sites excluding steroid dienone is 1. The fourth-order valence-electron chi connectivity index (χ4n) is 3.06. The Labute approximate surface area is 152 Å². The normalized spacial score (nSPS) is 16.9. The second-order valence-corrected chi connectivity index (χ2v) is 5.73. The Hall–Kier alpha value is -2.96. The fourth-order valence-corrected chi connectivity index (χ4v) is 3.06. The monoisotopic (exact) mass is 361 g/mol. The predicted molar refractivity (Wildman–Crippen MR) is 94.6 cm³/mol. The van der Waals surface area contributed by atoms with Crippen LogP contribution >= 0.6 is 0 Å². The molecule has 0 amide bonds. The first-order valence-corrected chi connectivity index (χ1v) is 8.17. The first kappa shape index (κ1) is 19.4. The van der Waals surface area contributed by atoms with E-state index in [9.17, 15) is 14.7 Å². The van der Waals surface area contributed by atoms with Crippen molar-refractivity contribution in [1.82, 2.24) is 5.32 Å². The molecule has 1 atom stereocenters. The minimum absolute atomic E-state index is 0.0737. The lowest BCUT2D eigenvalue weighted by Crippen LogP contribution is -2.33. The number of rotatable bonds is 5. The Morgan fingerprint density at radius 3 is 2.38 bits per heavy atom. The molecule has 0 saturated heterocycles. The Morgan fingerprint density at radius 2 is 1.81 bits per heavy atom. The maximum atomic E-state index is 12.4. The number of carbonyl (C=O) groups excluding carboxylic acids is 2. The van der Waals surface area contributed by atoms with E-state index in [0.717, 1.165) is 0 Å². The summed E-state index contributed by atoms with van der Waals surface area (Å²) in [7, 11) is 2.54. The number of aromatic hydroxyl groups is 1. The van der Waals surface area contributed by atoms with Crippen molar-refractivity contribution in [3.05, 3.63) is 46.2 Å². The second kappa shape index (κ2) is 7.95. The quantitative estimate of drug-likeness (QED) is 0.778. The number of ether oxygens (including phenoxy) is 3. The van der Waals surface area contributed by atoms with Gasteiger partial charge in [0.05, 0.1) is 38.0 Å². The van der Waals surface area contributed by atoms with Crippen LogP contribution in [0.4, 0.5) is 0 Å². The van der Waals surface area contributed by atoms with Crippen molar-refractivity contribution in [3.8, 4) is 11.5 Å². The summed E-state index contributed by atoms with van der Waals surface area (Å²) in [5.41, 5.74) is 1.91. The van der Waals surface area contributed by atoms with Crippen molar-refractivity contribution < 1.29 is 28.9 Å². The molecular weight excluding hydrogens is 338 g/mol. The van der Waals surface area contributed by atoms with Gasteiger partial charge in [0, 0.05) is 11.3 Å². The number of hydrogen-bond donors (Lipinski definition) is 2. The van der Waals surface area contributed by atoms with Crippen LogP contribution in [0, 0.1) is 0 Å². The molecule has 1 unspecified atom stereocenters. The molecular formula is C19H23NO6. The van der Waals surface area contributed by atoms with Gasteiger partial charge in [0.25, 0.3) is 0 Å². The number of methoxy groups -OCH3 is 2. The summed E-state index contributed by atoms with van der Waals surface area (Å²) in [5.74, 6) is -0.917. The highest BCUT2D eigenvalue weighted by atomic mass is 16.5. The number of benzene rings is 1. The molecule has 1 aromatic rings. The molecule has 0 aromatic heterocycles. The minimum Gasteiger partial charge on any atom is -0.504 e. The Morgan fingerprint density at radius 1 is 1.15 bits per heavy atom. The van der Waals surface area contributed by atoms with E-state index in [0.29, 0.717) is 29.2 Å². The molecule has 7 heteroatoms. The molecule has 140 valence electrons. The topological polar surface area (TPSA) is 94.1 Å².